The van der Waals surface area contributed by atoms with Gasteiger partial charge in [-0.1, -0.05) is 0 Å². The van der Waals surface area contributed by atoms with E-state index in [1.54, 1.807) is 13.3 Å². The fourth-order valence-corrected chi connectivity index (χ4v) is 3.26. The van der Waals surface area contributed by atoms with E-state index < -0.39 is 0 Å². The number of fused-ring (bicyclic) bond motifs is 1. The Morgan fingerprint density at radius 2 is 2.17 bits per heavy atom. The van der Waals surface area contributed by atoms with Gasteiger partial charge in [-0.3, -0.25) is 0 Å². The molecule has 1 aliphatic heterocycles. The number of aromatic nitrogens is 3. The number of amides is 2. The number of hydrogen-bond acceptors (Lipinski definition) is 4. The van der Waals surface area contributed by atoms with E-state index in [1.807, 2.05) is 30.9 Å². The third-order valence-electron chi connectivity index (χ3n) is 4.32. The number of ether oxygens (including phenoxy) is 1. The molecule has 0 atom stereocenters. The number of hydrogen-bond donors (Lipinski definition) is 1. The van der Waals surface area contributed by atoms with E-state index in [0.717, 1.165) is 42.9 Å². The van der Waals surface area contributed by atoms with E-state index >= 15 is 0 Å². The molecular weight excluding hydrogens is 306 g/mol. The highest BCUT2D eigenvalue weighted by Crippen LogP contribution is 2.28. The molecule has 0 unspecified atom stereocenters. The van der Waals surface area contributed by atoms with E-state index in [0.29, 0.717) is 6.61 Å². The minimum atomic E-state index is 0.0224. The van der Waals surface area contributed by atoms with Gasteiger partial charge < -0.3 is 19.5 Å². The second-order valence-corrected chi connectivity index (χ2v) is 6.50. The van der Waals surface area contributed by atoms with E-state index in [4.69, 9.17) is 4.74 Å². The number of likely N-dealkylation sites (tertiary alicyclic amines) is 1. The predicted octanol–water partition coefficient (Wildman–Crippen LogP) is 2.33. The average molecular weight is 331 g/mol. The fraction of sp³-hybridized carbons (Fsp3) is 0.588. The minimum Gasteiger partial charge on any atom is -0.377 e. The maximum absolute atomic E-state index is 12.1. The van der Waals surface area contributed by atoms with Gasteiger partial charge in [-0.05, 0) is 38.8 Å². The van der Waals surface area contributed by atoms with Crippen LogP contribution in [0.2, 0.25) is 0 Å². The lowest BCUT2D eigenvalue weighted by atomic mass is 10.0. The van der Waals surface area contributed by atoms with Crippen molar-refractivity contribution in [2.45, 2.75) is 45.4 Å². The van der Waals surface area contributed by atoms with Gasteiger partial charge in [0.05, 0.1) is 0 Å². The summed E-state index contributed by atoms with van der Waals surface area (Å²) in [5, 5.41) is 2.96. The predicted molar refractivity (Wildman–Crippen MR) is 91.8 cm³/mol. The second-order valence-electron chi connectivity index (χ2n) is 6.50. The summed E-state index contributed by atoms with van der Waals surface area (Å²) in [5.74, 6) is 0.899. The van der Waals surface area contributed by atoms with Gasteiger partial charge in [0.2, 0.25) is 0 Å². The molecule has 1 N–H and O–H groups in total. The number of pyridine rings is 1. The largest absolute Gasteiger partial charge is 0.377 e. The SMILES string of the molecule is COCc1nc2cccnc2n1C1CCN(C(=O)NC(C)C)CC1. The van der Waals surface area contributed by atoms with Crippen LogP contribution >= 0.6 is 0 Å². The number of piperidine rings is 1. The Morgan fingerprint density at radius 1 is 1.42 bits per heavy atom. The second kappa shape index (κ2) is 7.17. The van der Waals surface area contributed by atoms with Gasteiger partial charge in [0, 0.05) is 38.5 Å². The third kappa shape index (κ3) is 3.36. The zero-order valence-electron chi connectivity index (χ0n) is 14.5. The first-order valence-electron chi connectivity index (χ1n) is 8.46. The number of imidazole rings is 1. The van der Waals surface area contributed by atoms with Crippen LogP contribution in [-0.4, -0.2) is 51.7 Å². The number of carbonyl (C=O) groups excluding carboxylic acids is 1. The first kappa shape index (κ1) is 16.7. The van der Waals surface area contributed by atoms with Crippen LogP contribution in [0.25, 0.3) is 11.2 Å². The summed E-state index contributed by atoms with van der Waals surface area (Å²) < 4.78 is 7.50. The molecule has 0 bridgehead atoms. The van der Waals surface area contributed by atoms with Crippen molar-refractivity contribution in [2.75, 3.05) is 20.2 Å². The number of rotatable bonds is 4. The van der Waals surface area contributed by atoms with E-state index in [1.165, 1.54) is 0 Å². The number of nitrogens with one attached hydrogen (secondary N) is 1. The molecule has 7 heteroatoms. The summed E-state index contributed by atoms with van der Waals surface area (Å²) >= 11 is 0. The Bertz CT molecular complexity index is 704. The van der Waals surface area contributed by atoms with Crippen molar-refractivity contribution in [2.24, 2.45) is 0 Å². The molecule has 1 aliphatic rings. The van der Waals surface area contributed by atoms with E-state index in [2.05, 4.69) is 19.9 Å². The van der Waals surface area contributed by atoms with Crippen LogP contribution < -0.4 is 5.32 Å². The quantitative estimate of drug-likeness (QED) is 0.933. The molecule has 0 saturated carbocycles. The summed E-state index contributed by atoms with van der Waals surface area (Å²) in [7, 11) is 1.68. The maximum Gasteiger partial charge on any atom is 0.317 e. The minimum absolute atomic E-state index is 0.0224. The molecule has 0 aliphatic carbocycles. The molecule has 0 aromatic carbocycles. The van der Waals surface area contributed by atoms with Crippen molar-refractivity contribution < 1.29 is 9.53 Å². The summed E-state index contributed by atoms with van der Waals surface area (Å²) in [6, 6.07) is 4.34. The van der Waals surface area contributed by atoms with Gasteiger partial charge in [0.1, 0.15) is 17.9 Å². The first-order chi connectivity index (χ1) is 11.6. The van der Waals surface area contributed by atoms with E-state index in [-0.39, 0.29) is 18.1 Å². The number of methoxy groups -OCH3 is 1. The van der Waals surface area contributed by atoms with Crippen LogP contribution in [0.15, 0.2) is 18.3 Å². The van der Waals surface area contributed by atoms with Crippen LogP contribution in [-0.2, 0) is 11.3 Å². The lowest BCUT2D eigenvalue weighted by molar-refractivity contribution is 0.156. The first-order valence-corrected chi connectivity index (χ1v) is 8.46. The fourth-order valence-electron chi connectivity index (χ4n) is 3.26. The van der Waals surface area contributed by atoms with Crippen LogP contribution in [0.5, 0.6) is 0 Å². The Balaban J connectivity index is 1.78. The number of nitrogens with zero attached hydrogens (tertiary/aromatic N) is 4. The normalized spacial score (nSPS) is 16.1. The van der Waals surface area contributed by atoms with Crippen molar-refractivity contribution >= 4 is 17.2 Å². The third-order valence-corrected chi connectivity index (χ3v) is 4.32. The topological polar surface area (TPSA) is 72.3 Å². The molecule has 3 rings (SSSR count). The molecule has 0 spiro atoms. The van der Waals surface area contributed by atoms with Crippen LogP contribution in [0.3, 0.4) is 0 Å². The van der Waals surface area contributed by atoms with Crippen molar-refractivity contribution in [3.63, 3.8) is 0 Å². The van der Waals surface area contributed by atoms with Gasteiger partial charge in [-0.15, -0.1) is 0 Å². The van der Waals surface area contributed by atoms with Crippen molar-refractivity contribution in [1.29, 1.82) is 0 Å². The Labute approximate surface area is 142 Å². The molecule has 2 aromatic rings. The molecule has 2 aromatic heterocycles. The number of carbonyl (C=O) groups is 1. The molecule has 2 amide bonds. The van der Waals surface area contributed by atoms with Crippen molar-refractivity contribution in [1.82, 2.24) is 24.8 Å². The van der Waals surface area contributed by atoms with Crippen LogP contribution in [0.1, 0.15) is 38.6 Å². The monoisotopic (exact) mass is 331 g/mol. The van der Waals surface area contributed by atoms with Gasteiger partial charge in [-0.25, -0.2) is 14.8 Å². The molecule has 24 heavy (non-hydrogen) atoms. The van der Waals surface area contributed by atoms with Crippen molar-refractivity contribution in [3.05, 3.63) is 24.2 Å². The summed E-state index contributed by atoms with van der Waals surface area (Å²) in [6.45, 7) is 5.89. The Morgan fingerprint density at radius 3 is 2.83 bits per heavy atom. The van der Waals surface area contributed by atoms with E-state index in [9.17, 15) is 4.79 Å². The highest BCUT2D eigenvalue weighted by molar-refractivity contribution is 5.74. The summed E-state index contributed by atoms with van der Waals surface area (Å²) in [5.41, 5.74) is 1.79. The maximum atomic E-state index is 12.1. The van der Waals surface area contributed by atoms with Gasteiger partial charge in [0.15, 0.2) is 5.65 Å². The molecule has 3 heterocycles. The smallest absolute Gasteiger partial charge is 0.317 e. The van der Waals surface area contributed by atoms with Gasteiger partial charge in [0.25, 0.3) is 0 Å². The van der Waals surface area contributed by atoms with Gasteiger partial charge >= 0.3 is 6.03 Å². The zero-order valence-corrected chi connectivity index (χ0v) is 14.5. The molecule has 0 radical (unpaired) electrons. The van der Waals surface area contributed by atoms with Crippen molar-refractivity contribution in [3.8, 4) is 0 Å². The molecule has 7 nitrogen and oxygen atoms in total. The molecule has 130 valence electrons. The summed E-state index contributed by atoms with van der Waals surface area (Å²) in [6.07, 6.45) is 3.58. The Kier molecular flexibility index (Phi) is 4.99. The Hall–Kier alpha value is -2.15. The summed E-state index contributed by atoms with van der Waals surface area (Å²) in [4.78, 5) is 23.2. The number of urea groups is 1. The van der Waals surface area contributed by atoms with Gasteiger partial charge in [-0.2, -0.15) is 0 Å². The molecule has 1 fully saturated rings. The van der Waals surface area contributed by atoms with Crippen LogP contribution in [0, 0.1) is 0 Å². The highest BCUT2D eigenvalue weighted by Gasteiger charge is 2.27. The lowest BCUT2D eigenvalue weighted by Crippen LogP contribution is -2.46. The zero-order chi connectivity index (χ0) is 17.1. The molecule has 1 saturated heterocycles. The standard InChI is InChI=1S/C17H25N5O2/c1-12(2)19-17(23)21-9-6-13(7-10-21)22-15(11-24-3)20-14-5-4-8-18-16(14)22/h4-5,8,12-13H,6-7,9-11H2,1-3H3,(H,19,23). The lowest BCUT2D eigenvalue weighted by Gasteiger charge is -2.33. The average Bonchev–Trinajstić information content (AvgIpc) is 2.92. The van der Waals surface area contributed by atoms with Crippen LogP contribution in [0.4, 0.5) is 4.79 Å². The highest BCUT2D eigenvalue weighted by atomic mass is 16.5. The molecular formula is C17H25N5O2.